The molecule has 0 heterocycles. The Balaban J connectivity index is 2.61. The highest BCUT2D eigenvalue weighted by Crippen LogP contribution is 2.29. The van der Waals surface area contributed by atoms with Crippen molar-refractivity contribution < 1.29 is 22.7 Å². The zero-order chi connectivity index (χ0) is 15.4. The maximum atomic E-state index is 12.4. The lowest BCUT2D eigenvalue weighted by molar-refractivity contribution is -0.141. The Morgan fingerprint density at radius 2 is 1.80 bits per heavy atom. The minimum Gasteiger partial charge on any atom is -0.354 e. The fourth-order valence-electron chi connectivity index (χ4n) is 1.75. The molecular weight excluding hydrogens is 271 g/mol. The van der Waals surface area contributed by atoms with Crippen molar-refractivity contribution in [1.82, 2.24) is 0 Å². The molecule has 1 rings (SSSR count). The molecule has 0 aliphatic heterocycles. The Hall–Kier alpha value is -1.40. The largest absolute Gasteiger partial charge is 0.416 e. The fourth-order valence-corrected chi connectivity index (χ4v) is 1.75. The van der Waals surface area contributed by atoms with Crippen LogP contribution in [0.3, 0.4) is 0 Å². The standard InChI is InChI=1S/C14H18F3NO2/c1-3-20-13(2,18)12(19)9-6-10-4-7-11(8-5-10)14(15,16)17/h4-5,7-8H,3,6,9,18H2,1-2H3. The van der Waals surface area contributed by atoms with Gasteiger partial charge in [0.2, 0.25) is 0 Å². The van der Waals surface area contributed by atoms with Gasteiger partial charge in [0.1, 0.15) is 0 Å². The molecule has 0 amide bonds. The van der Waals surface area contributed by atoms with Gasteiger partial charge in [-0.25, -0.2) is 0 Å². The quantitative estimate of drug-likeness (QED) is 0.819. The number of carbonyl (C=O) groups excluding carboxylic acids is 1. The van der Waals surface area contributed by atoms with Crippen LogP contribution in [0, 0.1) is 0 Å². The van der Waals surface area contributed by atoms with Crippen molar-refractivity contribution in [3.8, 4) is 0 Å². The number of ketones is 1. The average molecular weight is 289 g/mol. The maximum absolute atomic E-state index is 12.4. The van der Waals surface area contributed by atoms with Crippen LogP contribution in [-0.4, -0.2) is 18.1 Å². The first-order valence-corrected chi connectivity index (χ1v) is 6.29. The molecule has 0 aromatic heterocycles. The lowest BCUT2D eigenvalue weighted by Gasteiger charge is -2.22. The number of halogens is 3. The Morgan fingerprint density at radius 3 is 2.25 bits per heavy atom. The molecule has 2 N–H and O–H groups in total. The third kappa shape index (κ3) is 4.61. The first kappa shape index (κ1) is 16.7. The molecule has 112 valence electrons. The molecule has 0 spiro atoms. The fraction of sp³-hybridized carbons (Fsp3) is 0.500. The van der Waals surface area contributed by atoms with Gasteiger partial charge in [0.25, 0.3) is 0 Å². The van der Waals surface area contributed by atoms with Crippen molar-refractivity contribution in [3.05, 3.63) is 35.4 Å². The highest BCUT2D eigenvalue weighted by atomic mass is 19.4. The molecule has 0 aliphatic carbocycles. The van der Waals surface area contributed by atoms with Crippen molar-refractivity contribution >= 4 is 5.78 Å². The molecule has 1 aromatic rings. The zero-order valence-electron chi connectivity index (χ0n) is 11.5. The van der Waals surface area contributed by atoms with Gasteiger partial charge in [-0.2, -0.15) is 13.2 Å². The summed E-state index contributed by atoms with van der Waals surface area (Å²) < 4.78 is 42.3. The summed E-state index contributed by atoms with van der Waals surface area (Å²) in [5, 5.41) is 0. The van der Waals surface area contributed by atoms with E-state index < -0.39 is 17.5 Å². The lowest BCUT2D eigenvalue weighted by atomic mass is 10.0. The van der Waals surface area contributed by atoms with Gasteiger partial charge in [0.15, 0.2) is 11.5 Å². The Kier molecular flexibility index (Phi) is 5.30. The van der Waals surface area contributed by atoms with E-state index in [4.69, 9.17) is 10.5 Å². The molecule has 0 bridgehead atoms. The molecule has 6 heteroatoms. The molecule has 1 aromatic carbocycles. The van der Waals surface area contributed by atoms with Gasteiger partial charge in [0, 0.05) is 13.0 Å². The van der Waals surface area contributed by atoms with Crippen LogP contribution in [0.4, 0.5) is 13.2 Å². The number of aryl methyl sites for hydroxylation is 1. The van der Waals surface area contributed by atoms with Gasteiger partial charge in [-0.3, -0.25) is 10.5 Å². The van der Waals surface area contributed by atoms with Crippen molar-refractivity contribution in [2.45, 2.75) is 38.6 Å². The molecule has 0 aliphatic rings. The Morgan fingerprint density at radius 1 is 1.25 bits per heavy atom. The van der Waals surface area contributed by atoms with Crippen molar-refractivity contribution in [1.29, 1.82) is 0 Å². The van der Waals surface area contributed by atoms with Gasteiger partial charge in [-0.05, 0) is 38.0 Å². The van der Waals surface area contributed by atoms with E-state index in [2.05, 4.69) is 0 Å². The highest BCUT2D eigenvalue weighted by molar-refractivity contribution is 5.86. The number of hydrogen-bond acceptors (Lipinski definition) is 3. The molecule has 20 heavy (non-hydrogen) atoms. The first-order chi connectivity index (χ1) is 9.16. The summed E-state index contributed by atoms with van der Waals surface area (Å²) in [5.74, 6) is -0.278. The van der Waals surface area contributed by atoms with Gasteiger partial charge in [-0.15, -0.1) is 0 Å². The van der Waals surface area contributed by atoms with Gasteiger partial charge >= 0.3 is 6.18 Å². The summed E-state index contributed by atoms with van der Waals surface area (Å²) >= 11 is 0. The minimum atomic E-state index is -4.35. The predicted octanol–water partition coefficient (Wildman–Crippen LogP) is 2.92. The summed E-state index contributed by atoms with van der Waals surface area (Å²) in [6, 6.07) is 4.74. The summed E-state index contributed by atoms with van der Waals surface area (Å²) in [7, 11) is 0. The predicted molar refractivity (Wildman–Crippen MR) is 69.0 cm³/mol. The molecule has 1 unspecified atom stereocenters. The molecular formula is C14H18F3NO2. The van der Waals surface area contributed by atoms with Crippen LogP contribution in [0.15, 0.2) is 24.3 Å². The smallest absolute Gasteiger partial charge is 0.354 e. The third-order valence-electron chi connectivity index (χ3n) is 2.92. The van der Waals surface area contributed by atoms with E-state index in [1.165, 1.54) is 19.1 Å². The SMILES string of the molecule is CCOC(C)(N)C(=O)CCc1ccc(C(F)(F)F)cc1. The van der Waals surface area contributed by atoms with E-state index in [1.54, 1.807) is 6.92 Å². The summed E-state index contributed by atoms with van der Waals surface area (Å²) in [4.78, 5) is 11.8. The number of hydrogen-bond donors (Lipinski definition) is 1. The number of benzene rings is 1. The van der Waals surface area contributed by atoms with Crippen LogP contribution >= 0.6 is 0 Å². The molecule has 0 saturated carbocycles. The molecule has 0 radical (unpaired) electrons. The minimum absolute atomic E-state index is 0.123. The number of alkyl halides is 3. The van der Waals surface area contributed by atoms with E-state index in [0.717, 1.165) is 12.1 Å². The van der Waals surface area contributed by atoms with Crippen LogP contribution in [-0.2, 0) is 22.1 Å². The van der Waals surface area contributed by atoms with E-state index in [0.29, 0.717) is 18.6 Å². The van der Waals surface area contributed by atoms with Gasteiger partial charge in [-0.1, -0.05) is 12.1 Å². The van der Waals surface area contributed by atoms with Crippen LogP contribution in [0.1, 0.15) is 31.4 Å². The van der Waals surface area contributed by atoms with Gasteiger partial charge in [0.05, 0.1) is 5.56 Å². The van der Waals surface area contributed by atoms with Crippen molar-refractivity contribution in [2.75, 3.05) is 6.61 Å². The highest BCUT2D eigenvalue weighted by Gasteiger charge is 2.30. The molecule has 3 nitrogen and oxygen atoms in total. The topological polar surface area (TPSA) is 52.3 Å². The van der Waals surface area contributed by atoms with Crippen LogP contribution in [0.5, 0.6) is 0 Å². The Bertz CT molecular complexity index is 452. The van der Waals surface area contributed by atoms with E-state index in [-0.39, 0.29) is 12.2 Å². The number of ether oxygens (including phenoxy) is 1. The number of nitrogens with two attached hydrogens (primary N) is 1. The summed E-state index contributed by atoms with van der Waals surface area (Å²) in [5.41, 5.74) is 4.30. The number of rotatable bonds is 6. The van der Waals surface area contributed by atoms with Crippen LogP contribution in [0.2, 0.25) is 0 Å². The molecule has 0 fully saturated rings. The van der Waals surface area contributed by atoms with Crippen LogP contribution < -0.4 is 5.73 Å². The second kappa shape index (κ2) is 6.37. The van der Waals surface area contributed by atoms with E-state index in [1.807, 2.05) is 0 Å². The van der Waals surface area contributed by atoms with Crippen LogP contribution in [0.25, 0.3) is 0 Å². The first-order valence-electron chi connectivity index (χ1n) is 6.29. The lowest BCUT2D eigenvalue weighted by Crippen LogP contribution is -2.47. The Labute approximate surface area is 115 Å². The van der Waals surface area contributed by atoms with Crippen molar-refractivity contribution in [2.24, 2.45) is 5.73 Å². The van der Waals surface area contributed by atoms with Gasteiger partial charge < -0.3 is 4.74 Å². The number of Topliss-reactive ketones (excluding diaryl/α,β-unsaturated/α-hetero) is 1. The summed E-state index contributed by atoms with van der Waals surface area (Å²) in [6.45, 7) is 3.53. The normalized spacial score (nSPS) is 14.9. The average Bonchev–Trinajstić information content (AvgIpc) is 2.35. The maximum Gasteiger partial charge on any atom is 0.416 e. The van der Waals surface area contributed by atoms with E-state index >= 15 is 0 Å². The zero-order valence-corrected chi connectivity index (χ0v) is 11.5. The summed E-state index contributed by atoms with van der Waals surface area (Å²) in [6.07, 6.45) is -3.89. The second-order valence-electron chi connectivity index (χ2n) is 4.66. The number of carbonyl (C=O) groups is 1. The van der Waals surface area contributed by atoms with E-state index in [9.17, 15) is 18.0 Å². The monoisotopic (exact) mass is 289 g/mol. The third-order valence-corrected chi connectivity index (χ3v) is 2.92. The molecule has 1 atom stereocenters. The molecule has 0 saturated heterocycles. The van der Waals surface area contributed by atoms with Crippen molar-refractivity contribution in [3.63, 3.8) is 0 Å². The second-order valence-corrected chi connectivity index (χ2v) is 4.66.